The number of rotatable bonds is 5. The van der Waals surface area contributed by atoms with Gasteiger partial charge in [-0.05, 0) is 6.92 Å². The lowest BCUT2D eigenvalue weighted by atomic mass is 10.1. The molecule has 0 atom stereocenters. The highest BCUT2D eigenvalue weighted by Crippen LogP contribution is 2.25. The summed E-state index contributed by atoms with van der Waals surface area (Å²) in [5.74, 6) is -0.763. The minimum atomic E-state index is -0.687. The lowest BCUT2D eigenvalue weighted by Crippen LogP contribution is -2.25. The number of aryl methyl sites for hydroxylation is 1. The zero-order valence-electron chi connectivity index (χ0n) is 15.0. The van der Waals surface area contributed by atoms with Gasteiger partial charge in [-0.25, -0.2) is 14.3 Å². The van der Waals surface area contributed by atoms with Gasteiger partial charge in [0.05, 0.1) is 5.69 Å². The zero-order chi connectivity index (χ0) is 19.5. The summed E-state index contributed by atoms with van der Waals surface area (Å²) in [6.07, 6.45) is 0. The van der Waals surface area contributed by atoms with Crippen LogP contribution >= 0.6 is 11.3 Å². The summed E-state index contributed by atoms with van der Waals surface area (Å²) >= 11 is 1.32. The Morgan fingerprint density at radius 1 is 1.11 bits per heavy atom. The Hall–Kier alpha value is -3.52. The number of carbonyl (C=O) groups is 1. The predicted octanol–water partition coefficient (Wildman–Crippen LogP) is 3.57. The second kappa shape index (κ2) is 7.61. The summed E-state index contributed by atoms with van der Waals surface area (Å²) in [5, 5.41) is 8.85. The molecule has 0 fully saturated rings. The molecule has 7 nitrogen and oxygen atoms in total. The molecule has 4 aromatic rings. The molecule has 1 amide bonds. The van der Waals surface area contributed by atoms with Crippen LogP contribution in [-0.4, -0.2) is 20.6 Å². The van der Waals surface area contributed by atoms with Crippen LogP contribution in [0.25, 0.3) is 22.6 Å². The standard InChI is InChI=1S/C20H16N4O3S/c1-13-7-9-14(10-8-13)16-12-28-19(21-16)22-17(25)11-24-18(23-27-20(24)26)15-5-3-2-4-6-15/h2-10,12H,11H2,1H3,(H,21,22,25). The number of hydrogen-bond acceptors (Lipinski definition) is 6. The van der Waals surface area contributed by atoms with Crippen molar-refractivity contribution < 1.29 is 9.32 Å². The second-order valence-electron chi connectivity index (χ2n) is 6.18. The van der Waals surface area contributed by atoms with Gasteiger partial charge < -0.3 is 5.32 Å². The molecule has 4 rings (SSSR count). The maximum absolute atomic E-state index is 12.4. The van der Waals surface area contributed by atoms with E-state index in [0.717, 1.165) is 11.3 Å². The topological polar surface area (TPSA) is 90.0 Å². The van der Waals surface area contributed by atoms with Crippen molar-refractivity contribution in [2.24, 2.45) is 0 Å². The van der Waals surface area contributed by atoms with Gasteiger partial charge in [0.1, 0.15) is 6.54 Å². The quantitative estimate of drug-likeness (QED) is 0.561. The SMILES string of the molecule is Cc1ccc(-c2csc(NC(=O)Cn3c(-c4ccccc4)noc3=O)n2)cc1. The number of nitrogens with one attached hydrogen (secondary N) is 1. The van der Waals surface area contributed by atoms with E-state index in [-0.39, 0.29) is 12.5 Å². The van der Waals surface area contributed by atoms with E-state index >= 15 is 0 Å². The number of thiazole rings is 1. The molecule has 0 spiro atoms. The molecule has 2 aromatic carbocycles. The molecule has 0 aliphatic carbocycles. The molecule has 0 saturated carbocycles. The number of amides is 1. The smallest absolute Gasteiger partial charge is 0.300 e. The minimum absolute atomic E-state index is 0.216. The van der Waals surface area contributed by atoms with Crippen molar-refractivity contribution in [2.75, 3.05) is 5.32 Å². The van der Waals surface area contributed by atoms with Crippen LogP contribution in [0, 0.1) is 6.92 Å². The average molecular weight is 392 g/mol. The summed E-state index contributed by atoms with van der Waals surface area (Å²) < 4.78 is 5.93. The molecule has 1 N–H and O–H groups in total. The average Bonchev–Trinajstić information content (AvgIpc) is 3.30. The van der Waals surface area contributed by atoms with Gasteiger partial charge in [0, 0.05) is 16.5 Å². The first kappa shape index (κ1) is 17.9. The maximum Gasteiger partial charge on any atom is 0.442 e. The van der Waals surface area contributed by atoms with Crippen LogP contribution in [0.15, 0.2) is 69.3 Å². The Balaban J connectivity index is 1.50. The number of anilines is 1. The van der Waals surface area contributed by atoms with Crippen LogP contribution in [0.4, 0.5) is 5.13 Å². The normalized spacial score (nSPS) is 10.8. The first-order chi connectivity index (χ1) is 13.6. The molecule has 140 valence electrons. The molecule has 8 heteroatoms. The Kier molecular flexibility index (Phi) is 4.86. The molecular formula is C20H16N4O3S. The third kappa shape index (κ3) is 3.77. The lowest BCUT2D eigenvalue weighted by molar-refractivity contribution is -0.116. The van der Waals surface area contributed by atoms with E-state index in [1.54, 1.807) is 12.1 Å². The third-order valence-corrected chi connectivity index (χ3v) is 4.88. The van der Waals surface area contributed by atoms with Crippen LogP contribution < -0.4 is 11.1 Å². The van der Waals surface area contributed by atoms with Gasteiger partial charge in [-0.2, -0.15) is 0 Å². The molecule has 28 heavy (non-hydrogen) atoms. The molecule has 0 unspecified atom stereocenters. The van der Waals surface area contributed by atoms with Crippen molar-refractivity contribution in [2.45, 2.75) is 13.5 Å². The van der Waals surface area contributed by atoms with Crippen LogP contribution in [0.2, 0.25) is 0 Å². The number of hydrogen-bond donors (Lipinski definition) is 1. The van der Waals surface area contributed by atoms with E-state index in [0.29, 0.717) is 16.5 Å². The number of benzene rings is 2. The van der Waals surface area contributed by atoms with E-state index in [1.165, 1.54) is 21.5 Å². The number of nitrogens with zero attached hydrogens (tertiary/aromatic N) is 3. The second-order valence-corrected chi connectivity index (χ2v) is 7.03. The van der Waals surface area contributed by atoms with Gasteiger partial charge in [0.25, 0.3) is 0 Å². The van der Waals surface area contributed by atoms with Gasteiger partial charge in [-0.1, -0.05) is 65.3 Å². The fraction of sp³-hybridized carbons (Fsp3) is 0.100. The van der Waals surface area contributed by atoms with E-state index in [4.69, 9.17) is 4.52 Å². The summed E-state index contributed by atoms with van der Waals surface area (Å²) in [4.78, 5) is 28.8. The predicted molar refractivity (Wildman–Crippen MR) is 107 cm³/mol. The van der Waals surface area contributed by atoms with Crippen LogP contribution in [-0.2, 0) is 11.3 Å². The Morgan fingerprint density at radius 2 is 1.86 bits per heavy atom. The van der Waals surface area contributed by atoms with Gasteiger partial charge >= 0.3 is 5.76 Å². The van der Waals surface area contributed by atoms with E-state index in [2.05, 4.69) is 15.5 Å². The molecule has 0 saturated heterocycles. The molecule has 2 aromatic heterocycles. The van der Waals surface area contributed by atoms with Crippen molar-refractivity contribution in [1.29, 1.82) is 0 Å². The van der Waals surface area contributed by atoms with Crippen LogP contribution in [0.5, 0.6) is 0 Å². The Labute approximate surface area is 164 Å². The van der Waals surface area contributed by atoms with E-state index in [9.17, 15) is 9.59 Å². The van der Waals surface area contributed by atoms with Crippen molar-refractivity contribution in [3.05, 3.63) is 76.1 Å². The largest absolute Gasteiger partial charge is 0.442 e. The summed E-state index contributed by atoms with van der Waals surface area (Å²) in [6, 6.07) is 17.1. The maximum atomic E-state index is 12.4. The van der Waals surface area contributed by atoms with E-state index in [1.807, 2.05) is 54.8 Å². The summed E-state index contributed by atoms with van der Waals surface area (Å²) in [7, 11) is 0. The highest BCUT2D eigenvalue weighted by molar-refractivity contribution is 7.14. The van der Waals surface area contributed by atoms with Crippen molar-refractivity contribution >= 4 is 22.4 Å². The lowest BCUT2D eigenvalue weighted by Gasteiger charge is -2.04. The molecular weight excluding hydrogens is 376 g/mol. The fourth-order valence-corrected chi connectivity index (χ4v) is 3.43. The van der Waals surface area contributed by atoms with Crippen LogP contribution in [0.1, 0.15) is 5.56 Å². The molecule has 0 aliphatic heterocycles. The van der Waals surface area contributed by atoms with Gasteiger partial charge in [0.2, 0.25) is 5.91 Å². The highest BCUT2D eigenvalue weighted by Gasteiger charge is 2.16. The van der Waals surface area contributed by atoms with E-state index < -0.39 is 5.76 Å². The van der Waals surface area contributed by atoms with Crippen LogP contribution in [0.3, 0.4) is 0 Å². The monoisotopic (exact) mass is 392 g/mol. The molecule has 0 aliphatic rings. The fourth-order valence-electron chi connectivity index (χ4n) is 2.69. The molecule has 0 radical (unpaired) electrons. The Morgan fingerprint density at radius 3 is 2.61 bits per heavy atom. The summed E-state index contributed by atoms with van der Waals surface area (Å²) in [5.41, 5.74) is 3.62. The third-order valence-electron chi connectivity index (χ3n) is 4.12. The first-order valence-corrected chi connectivity index (χ1v) is 9.42. The van der Waals surface area contributed by atoms with Crippen molar-refractivity contribution in [3.63, 3.8) is 0 Å². The van der Waals surface area contributed by atoms with Crippen molar-refractivity contribution in [3.8, 4) is 22.6 Å². The molecule has 2 heterocycles. The minimum Gasteiger partial charge on any atom is -0.300 e. The zero-order valence-corrected chi connectivity index (χ0v) is 15.8. The highest BCUT2D eigenvalue weighted by atomic mass is 32.1. The molecule has 0 bridgehead atoms. The first-order valence-electron chi connectivity index (χ1n) is 8.54. The summed E-state index contributed by atoms with van der Waals surface area (Å²) in [6.45, 7) is 1.80. The number of aromatic nitrogens is 3. The van der Waals surface area contributed by atoms with Gasteiger partial charge in [-0.15, -0.1) is 11.3 Å². The number of carbonyl (C=O) groups excluding carboxylic acids is 1. The van der Waals surface area contributed by atoms with Gasteiger partial charge in [0.15, 0.2) is 11.0 Å². The van der Waals surface area contributed by atoms with Crippen molar-refractivity contribution in [1.82, 2.24) is 14.7 Å². The van der Waals surface area contributed by atoms with Gasteiger partial charge in [-0.3, -0.25) is 9.32 Å². The Bertz CT molecular complexity index is 1160.